The van der Waals surface area contributed by atoms with Crippen LogP contribution in [0.15, 0.2) is 78.9 Å². The van der Waals surface area contributed by atoms with Crippen LogP contribution in [0.3, 0.4) is 0 Å². The predicted octanol–water partition coefficient (Wildman–Crippen LogP) is 6.67. The van der Waals surface area contributed by atoms with Gasteiger partial charge in [-0.25, -0.2) is 0 Å². The van der Waals surface area contributed by atoms with Gasteiger partial charge in [0, 0.05) is 19.7 Å². The molecule has 0 aliphatic carbocycles. The summed E-state index contributed by atoms with van der Waals surface area (Å²) in [6, 6.07) is 27.8. The molecule has 0 heterocycles. The van der Waals surface area contributed by atoms with Crippen molar-refractivity contribution in [3.05, 3.63) is 103 Å². The summed E-state index contributed by atoms with van der Waals surface area (Å²) in [5.74, 6) is 0. The third kappa shape index (κ3) is 5.78. The second-order valence-corrected chi connectivity index (χ2v) is 9.31. The van der Waals surface area contributed by atoms with Gasteiger partial charge in [-0.15, -0.1) is 0 Å². The highest BCUT2D eigenvalue weighted by Crippen LogP contribution is 2.28. The molecule has 0 radical (unpaired) electrons. The molecule has 3 aromatic rings. The largest absolute Gasteiger partial charge is 0.367 e. The van der Waals surface area contributed by atoms with Gasteiger partial charge in [-0.2, -0.15) is 0 Å². The molecule has 0 aliphatic heterocycles. The molecule has 0 amide bonds. The topological polar surface area (TPSA) is 12.5 Å². The normalized spacial score (nSPS) is 13.5. The quantitative estimate of drug-likeness (QED) is 0.269. The van der Waals surface area contributed by atoms with Gasteiger partial charge >= 0.3 is 0 Å². The zero-order valence-corrected chi connectivity index (χ0v) is 20.5. The van der Waals surface area contributed by atoms with Gasteiger partial charge in [0.2, 0.25) is 0 Å². The van der Waals surface area contributed by atoms with Crippen molar-refractivity contribution in [3.63, 3.8) is 0 Å². The first-order valence-corrected chi connectivity index (χ1v) is 11.6. The lowest BCUT2D eigenvalue weighted by molar-refractivity contribution is -0.0159. The van der Waals surface area contributed by atoms with Crippen LogP contribution in [0.4, 0.5) is 0 Å². The maximum Gasteiger partial charge on any atom is 0.0981 e. The Kier molecular flexibility index (Phi) is 8.32. The van der Waals surface area contributed by atoms with Crippen molar-refractivity contribution < 1.29 is 4.74 Å². The highest BCUT2D eigenvalue weighted by molar-refractivity contribution is 14.1. The van der Waals surface area contributed by atoms with Gasteiger partial charge in [-0.1, -0.05) is 66.7 Å². The van der Waals surface area contributed by atoms with Crippen LogP contribution in [0.2, 0.25) is 0 Å². The van der Waals surface area contributed by atoms with Gasteiger partial charge in [0.15, 0.2) is 0 Å². The maximum absolute atomic E-state index is 6.50. The third-order valence-electron chi connectivity index (χ3n) is 5.02. The van der Waals surface area contributed by atoms with Crippen LogP contribution in [0.5, 0.6) is 0 Å². The smallest absolute Gasteiger partial charge is 0.0981 e. The van der Waals surface area contributed by atoms with Crippen LogP contribution in [0.25, 0.3) is 0 Å². The van der Waals surface area contributed by atoms with Gasteiger partial charge < -0.3 is 4.74 Å². The third-order valence-corrected chi connectivity index (χ3v) is 7.12. The molecule has 3 aromatic carbocycles. The molecule has 0 saturated heterocycles. The molecule has 4 heteroatoms. The van der Waals surface area contributed by atoms with Gasteiger partial charge in [0.25, 0.3) is 0 Å². The van der Waals surface area contributed by atoms with Crippen molar-refractivity contribution in [1.82, 2.24) is 4.90 Å². The van der Waals surface area contributed by atoms with E-state index >= 15 is 0 Å². The fourth-order valence-electron chi connectivity index (χ4n) is 3.22. The van der Waals surface area contributed by atoms with Crippen LogP contribution in [-0.4, -0.2) is 18.0 Å². The van der Waals surface area contributed by atoms with Crippen molar-refractivity contribution in [1.29, 1.82) is 0 Å². The minimum atomic E-state index is 0.00331. The zero-order chi connectivity index (χ0) is 19.9. The van der Waals surface area contributed by atoms with E-state index in [0.717, 1.165) is 6.54 Å². The van der Waals surface area contributed by atoms with Crippen LogP contribution in [0, 0.1) is 7.14 Å². The molecule has 0 fully saturated rings. The summed E-state index contributed by atoms with van der Waals surface area (Å²) in [7, 11) is 2.18. The summed E-state index contributed by atoms with van der Waals surface area (Å²) < 4.78 is 9.04. The summed E-state index contributed by atoms with van der Waals surface area (Å²) in [4.78, 5) is 2.38. The Morgan fingerprint density at radius 3 is 1.93 bits per heavy atom. The lowest BCUT2D eigenvalue weighted by Crippen LogP contribution is -2.35. The molecule has 28 heavy (non-hydrogen) atoms. The fraction of sp³-hybridized carbons (Fsp3) is 0.250. The van der Waals surface area contributed by atoms with Crippen molar-refractivity contribution in [3.8, 4) is 0 Å². The lowest BCUT2D eigenvalue weighted by Gasteiger charge is -2.32. The molecule has 0 aliphatic rings. The van der Waals surface area contributed by atoms with E-state index in [0.29, 0.717) is 6.61 Å². The summed E-state index contributed by atoms with van der Waals surface area (Å²) in [6.45, 7) is 3.76. The van der Waals surface area contributed by atoms with Crippen LogP contribution >= 0.6 is 45.2 Å². The van der Waals surface area contributed by atoms with E-state index in [1.165, 1.54) is 23.8 Å². The molecule has 0 saturated carbocycles. The first-order valence-electron chi connectivity index (χ1n) is 9.40. The molecule has 0 spiro atoms. The number of hydrogen-bond donors (Lipinski definition) is 0. The van der Waals surface area contributed by atoms with Crippen molar-refractivity contribution in [2.75, 3.05) is 7.05 Å². The summed E-state index contributed by atoms with van der Waals surface area (Å²) in [5, 5.41) is 0. The monoisotopic (exact) mass is 597 g/mol. The molecular weight excluding hydrogens is 572 g/mol. The highest BCUT2D eigenvalue weighted by atomic mass is 127. The molecule has 0 unspecified atom stereocenters. The molecular formula is C24H25I2NO. The summed E-state index contributed by atoms with van der Waals surface area (Å²) >= 11 is 4.80. The molecule has 2 atom stereocenters. The van der Waals surface area contributed by atoms with E-state index < -0.39 is 0 Å². The Morgan fingerprint density at radius 1 is 0.786 bits per heavy atom. The van der Waals surface area contributed by atoms with E-state index in [1.807, 2.05) is 0 Å². The van der Waals surface area contributed by atoms with Gasteiger partial charge in [-0.3, -0.25) is 4.90 Å². The van der Waals surface area contributed by atoms with E-state index in [9.17, 15) is 0 Å². The minimum absolute atomic E-state index is 0.00331. The second kappa shape index (κ2) is 10.7. The van der Waals surface area contributed by atoms with E-state index in [1.54, 1.807) is 0 Å². The Balaban J connectivity index is 1.78. The highest BCUT2D eigenvalue weighted by Gasteiger charge is 2.24. The second-order valence-electron chi connectivity index (χ2n) is 6.98. The summed E-state index contributed by atoms with van der Waals surface area (Å²) in [6.07, 6.45) is 0.00331. The number of benzene rings is 3. The Hall–Kier alpha value is -0.960. The average molecular weight is 597 g/mol. The van der Waals surface area contributed by atoms with E-state index in [2.05, 4.69) is 143 Å². The molecule has 0 aromatic heterocycles. The number of rotatable bonds is 8. The van der Waals surface area contributed by atoms with Crippen molar-refractivity contribution in [2.45, 2.75) is 32.2 Å². The maximum atomic E-state index is 6.50. The predicted molar refractivity (Wildman–Crippen MR) is 133 cm³/mol. The number of ether oxygens (including phenoxy) is 1. The number of nitrogens with zero attached hydrogens (tertiary/aromatic N) is 1. The SMILES string of the molecule is C[C@@H]([C@@H](OCc1ccccc1I)c1ccccc1)N(C)Cc1ccccc1I. The number of hydrogen-bond acceptors (Lipinski definition) is 2. The molecule has 3 rings (SSSR count). The average Bonchev–Trinajstić information content (AvgIpc) is 2.71. The first kappa shape index (κ1) is 21.7. The number of likely N-dealkylation sites (N-methyl/N-ethyl adjacent to an activating group) is 1. The Morgan fingerprint density at radius 2 is 1.32 bits per heavy atom. The van der Waals surface area contributed by atoms with Gasteiger partial charge in [-0.05, 0) is 88.0 Å². The van der Waals surface area contributed by atoms with Crippen LogP contribution < -0.4 is 0 Å². The van der Waals surface area contributed by atoms with E-state index in [4.69, 9.17) is 4.74 Å². The van der Waals surface area contributed by atoms with Crippen molar-refractivity contribution in [2.24, 2.45) is 0 Å². The lowest BCUT2D eigenvalue weighted by atomic mass is 10.0. The molecule has 0 N–H and O–H groups in total. The molecule has 2 nitrogen and oxygen atoms in total. The molecule has 0 bridgehead atoms. The minimum Gasteiger partial charge on any atom is -0.367 e. The van der Waals surface area contributed by atoms with E-state index in [-0.39, 0.29) is 12.1 Å². The Bertz CT molecular complexity index is 885. The Labute approximate surface area is 195 Å². The van der Waals surface area contributed by atoms with Crippen LogP contribution in [-0.2, 0) is 17.9 Å². The summed E-state index contributed by atoms with van der Waals surface area (Å²) in [5.41, 5.74) is 3.80. The number of halogens is 2. The first-order chi connectivity index (χ1) is 13.6. The fourth-order valence-corrected chi connectivity index (χ4v) is 4.32. The van der Waals surface area contributed by atoms with Gasteiger partial charge in [0.05, 0.1) is 12.7 Å². The van der Waals surface area contributed by atoms with Crippen LogP contribution in [0.1, 0.15) is 29.7 Å². The van der Waals surface area contributed by atoms with Crippen molar-refractivity contribution >= 4 is 45.2 Å². The van der Waals surface area contributed by atoms with Gasteiger partial charge in [0.1, 0.15) is 0 Å². The zero-order valence-electron chi connectivity index (χ0n) is 16.2. The standard InChI is InChI=1S/C24H25I2NO/c1-18(27(2)16-20-12-6-8-14-22(20)25)24(19-10-4-3-5-11-19)28-17-21-13-7-9-15-23(21)26/h3-15,18,24H,16-17H2,1-2H3/t18-,24+/m0/s1. The molecule has 146 valence electrons.